The molecule has 0 aliphatic heterocycles. The van der Waals surface area contributed by atoms with Gasteiger partial charge in [-0.1, -0.05) is 13.8 Å². The molecule has 5 amide bonds. The van der Waals surface area contributed by atoms with Gasteiger partial charge in [-0.3, -0.25) is 24.0 Å². The third kappa shape index (κ3) is 11.5. The summed E-state index contributed by atoms with van der Waals surface area (Å²) in [5.74, 6) is -5.49. The maximum Gasteiger partial charge on any atom is 0.326 e. The third-order valence-corrected chi connectivity index (χ3v) is 4.57. The number of nitrogens with two attached hydrogens (primary N) is 3. The lowest BCUT2D eigenvalue weighted by Gasteiger charge is -2.24. The molecule has 0 aliphatic rings. The van der Waals surface area contributed by atoms with E-state index in [4.69, 9.17) is 17.2 Å². The Bertz CT molecular complexity index is 718. The lowest BCUT2D eigenvalue weighted by atomic mass is 10.0. The van der Waals surface area contributed by atoms with Crippen LogP contribution in [0.15, 0.2) is 0 Å². The minimum Gasteiger partial charge on any atom is -0.480 e. The Balaban J connectivity index is 5.32. The van der Waals surface area contributed by atoms with E-state index in [2.05, 4.69) is 28.6 Å². The van der Waals surface area contributed by atoms with Gasteiger partial charge in [0, 0.05) is 12.2 Å². The fourth-order valence-electron chi connectivity index (χ4n) is 2.58. The van der Waals surface area contributed by atoms with E-state index in [1.54, 1.807) is 13.8 Å². The number of carboxylic acids is 1. The van der Waals surface area contributed by atoms with Gasteiger partial charge in [-0.15, -0.1) is 0 Å². The number of nitrogens with one attached hydrogen (secondary N) is 3. The molecular weight excluding hydrogens is 444 g/mol. The lowest BCUT2D eigenvalue weighted by Crippen LogP contribution is -2.58. The number of rotatable bonds is 15. The first-order valence-electron chi connectivity index (χ1n) is 9.85. The zero-order chi connectivity index (χ0) is 25.0. The second-order valence-corrected chi connectivity index (χ2v) is 7.98. The van der Waals surface area contributed by atoms with Gasteiger partial charge in [0.15, 0.2) is 0 Å². The topological polar surface area (TPSA) is 237 Å². The van der Waals surface area contributed by atoms with Crippen molar-refractivity contribution in [2.24, 2.45) is 23.1 Å². The van der Waals surface area contributed by atoms with E-state index in [0.29, 0.717) is 0 Å². The fourth-order valence-corrected chi connectivity index (χ4v) is 2.83. The van der Waals surface area contributed by atoms with E-state index in [0.717, 1.165) is 0 Å². The first-order chi connectivity index (χ1) is 14.8. The van der Waals surface area contributed by atoms with Crippen LogP contribution in [0.3, 0.4) is 0 Å². The van der Waals surface area contributed by atoms with Crippen molar-refractivity contribution in [2.75, 3.05) is 5.75 Å². The summed E-state index contributed by atoms with van der Waals surface area (Å²) in [4.78, 5) is 70.7. The number of hydrogen-bond acceptors (Lipinski definition) is 8. The van der Waals surface area contributed by atoms with E-state index >= 15 is 0 Å². The Hall–Kier alpha value is -2.87. The molecule has 0 radical (unpaired) electrons. The fraction of sp³-hybridized carbons (Fsp3) is 0.667. The highest BCUT2D eigenvalue weighted by atomic mass is 32.1. The molecule has 0 spiro atoms. The summed E-state index contributed by atoms with van der Waals surface area (Å²) < 4.78 is 0. The SMILES string of the molecule is CC(C)CC(NC(=O)C(CS)NC(=O)C(CCC(N)=O)NC(=O)C(N)CC(N)=O)C(=O)O. The second kappa shape index (κ2) is 14.2. The van der Waals surface area contributed by atoms with Gasteiger partial charge in [-0.25, -0.2) is 4.79 Å². The van der Waals surface area contributed by atoms with Gasteiger partial charge in [0.2, 0.25) is 29.5 Å². The molecule has 0 aromatic rings. The Kier molecular flexibility index (Phi) is 13.0. The number of carboxylic acid groups (broad SMARTS) is 1. The molecule has 14 heteroatoms. The predicted octanol–water partition coefficient (Wildman–Crippen LogP) is -3.03. The highest BCUT2D eigenvalue weighted by molar-refractivity contribution is 7.80. The normalized spacial score (nSPS) is 14.5. The number of thiol groups is 1. The molecule has 0 rings (SSSR count). The zero-order valence-electron chi connectivity index (χ0n) is 18.0. The van der Waals surface area contributed by atoms with Crippen molar-refractivity contribution in [2.45, 2.75) is 63.7 Å². The predicted molar refractivity (Wildman–Crippen MR) is 117 cm³/mol. The summed E-state index contributed by atoms with van der Waals surface area (Å²) in [5, 5.41) is 16.3. The molecular formula is C18H32N6O7S. The standard InChI is InChI=1S/C18H32N6O7S/c1-8(2)5-11(18(30)31)23-17(29)12(7-32)24-16(28)10(3-4-13(20)25)22-15(27)9(19)6-14(21)26/h8-12,32H,3-7,19H2,1-2H3,(H2,20,25)(H2,21,26)(H,22,27)(H,23,29)(H,24,28)(H,30,31). The summed E-state index contributed by atoms with van der Waals surface area (Å²) in [6.45, 7) is 3.57. The Morgan fingerprint density at radius 3 is 1.78 bits per heavy atom. The van der Waals surface area contributed by atoms with E-state index in [1.165, 1.54) is 0 Å². The number of hydrogen-bond donors (Lipinski definition) is 8. The summed E-state index contributed by atoms with van der Waals surface area (Å²) >= 11 is 4.01. The molecule has 0 aromatic heterocycles. The molecule has 0 fully saturated rings. The van der Waals surface area contributed by atoms with Gasteiger partial charge >= 0.3 is 5.97 Å². The van der Waals surface area contributed by atoms with Crippen LogP contribution in [0.1, 0.15) is 39.5 Å². The van der Waals surface area contributed by atoms with Crippen molar-refractivity contribution < 1.29 is 33.9 Å². The molecule has 0 saturated carbocycles. The quantitative estimate of drug-likeness (QED) is 0.113. The van der Waals surface area contributed by atoms with Crippen molar-refractivity contribution in [3.05, 3.63) is 0 Å². The molecule has 10 N–H and O–H groups in total. The Morgan fingerprint density at radius 1 is 0.844 bits per heavy atom. The lowest BCUT2D eigenvalue weighted by molar-refractivity contribution is -0.142. The first kappa shape index (κ1) is 29.1. The second-order valence-electron chi connectivity index (χ2n) is 7.62. The smallest absolute Gasteiger partial charge is 0.326 e. The molecule has 0 saturated heterocycles. The molecule has 0 aliphatic carbocycles. The van der Waals surface area contributed by atoms with Crippen molar-refractivity contribution in [3.8, 4) is 0 Å². The van der Waals surface area contributed by atoms with E-state index in [1.807, 2.05) is 0 Å². The number of carbonyl (C=O) groups is 6. The largest absolute Gasteiger partial charge is 0.480 e. The number of aliphatic carboxylic acids is 1. The summed E-state index contributed by atoms with van der Waals surface area (Å²) in [6, 6.07) is -5.03. The molecule has 182 valence electrons. The third-order valence-electron chi connectivity index (χ3n) is 4.21. The monoisotopic (exact) mass is 476 g/mol. The molecule has 13 nitrogen and oxygen atoms in total. The van der Waals surface area contributed by atoms with Crippen LogP contribution in [0.2, 0.25) is 0 Å². The van der Waals surface area contributed by atoms with Gasteiger partial charge in [-0.05, 0) is 18.8 Å². The Labute approximate surface area is 191 Å². The summed E-state index contributed by atoms with van der Waals surface area (Å²) in [6.07, 6.45) is -0.772. The van der Waals surface area contributed by atoms with Gasteiger partial charge in [-0.2, -0.15) is 12.6 Å². The van der Waals surface area contributed by atoms with Gasteiger partial charge < -0.3 is 38.3 Å². The molecule has 4 atom stereocenters. The van der Waals surface area contributed by atoms with Crippen molar-refractivity contribution in [1.82, 2.24) is 16.0 Å². The molecule has 0 aromatic carbocycles. The van der Waals surface area contributed by atoms with Crippen molar-refractivity contribution in [3.63, 3.8) is 0 Å². The summed E-state index contributed by atoms with van der Waals surface area (Å²) in [5.41, 5.74) is 15.6. The number of carbonyl (C=O) groups excluding carboxylic acids is 5. The minimum atomic E-state index is -1.33. The highest BCUT2D eigenvalue weighted by Crippen LogP contribution is 2.06. The van der Waals surface area contributed by atoms with E-state index in [-0.39, 0.29) is 30.9 Å². The van der Waals surface area contributed by atoms with Crippen LogP contribution in [0.5, 0.6) is 0 Å². The van der Waals surface area contributed by atoms with E-state index < -0.39 is 66.1 Å². The van der Waals surface area contributed by atoms with Crippen molar-refractivity contribution in [1.29, 1.82) is 0 Å². The van der Waals surface area contributed by atoms with Gasteiger partial charge in [0.25, 0.3) is 0 Å². The van der Waals surface area contributed by atoms with Gasteiger partial charge in [0.05, 0.1) is 12.5 Å². The maximum atomic E-state index is 12.7. The zero-order valence-corrected chi connectivity index (χ0v) is 18.9. The molecule has 4 unspecified atom stereocenters. The molecule has 0 heterocycles. The van der Waals surface area contributed by atoms with E-state index in [9.17, 15) is 33.9 Å². The van der Waals surface area contributed by atoms with Crippen LogP contribution < -0.4 is 33.2 Å². The summed E-state index contributed by atoms with van der Waals surface area (Å²) in [7, 11) is 0. The van der Waals surface area contributed by atoms with Crippen LogP contribution in [0.4, 0.5) is 0 Å². The van der Waals surface area contributed by atoms with Crippen LogP contribution in [0.25, 0.3) is 0 Å². The van der Waals surface area contributed by atoms with Crippen molar-refractivity contribution >= 4 is 48.1 Å². The van der Waals surface area contributed by atoms with Crippen LogP contribution in [-0.2, 0) is 28.8 Å². The minimum absolute atomic E-state index is 0.0153. The Morgan fingerprint density at radius 2 is 1.34 bits per heavy atom. The van der Waals surface area contributed by atoms with Crippen LogP contribution in [0, 0.1) is 5.92 Å². The number of amides is 5. The molecule has 32 heavy (non-hydrogen) atoms. The average molecular weight is 477 g/mol. The maximum absolute atomic E-state index is 12.7. The van der Waals surface area contributed by atoms with Crippen LogP contribution >= 0.6 is 12.6 Å². The average Bonchev–Trinajstić information content (AvgIpc) is 2.66. The highest BCUT2D eigenvalue weighted by Gasteiger charge is 2.30. The van der Waals surface area contributed by atoms with Crippen LogP contribution in [-0.4, -0.2) is 70.5 Å². The first-order valence-corrected chi connectivity index (χ1v) is 10.5. The molecule has 0 bridgehead atoms. The van der Waals surface area contributed by atoms with Gasteiger partial charge in [0.1, 0.15) is 18.1 Å². The number of primary amides is 2.